The third-order valence-corrected chi connectivity index (χ3v) is 1.15. The number of carbonyl (C=O) groups is 2. The highest BCUT2D eigenvalue weighted by Gasteiger charge is 2.01. The Bertz CT molecular complexity index is 129. The van der Waals surface area contributed by atoms with Crippen molar-refractivity contribution >= 4 is 11.6 Å². The molecule has 10 heavy (non-hydrogen) atoms. The molecule has 0 fully saturated rings. The minimum absolute atomic E-state index is 0.0197. The van der Waals surface area contributed by atoms with E-state index >= 15 is 0 Å². The van der Waals surface area contributed by atoms with Crippen molar-refractivity contribution in [1.82, 2.24) is 0 Å². The summed E-state index contributed by atoms with van der Waals surface area (Å²) >= 11 is 0. The van der Waals surface area contributed by atoms with Crippen LogP contribution in [0.5, 0.6) is 0 Å². The molecule has 0 unspecified atom stereocenters. The Labute approximate surface area is 60.0 Å². The van der Waals surface area contributed by atoms with Crippen LogP contribution in [0.15, 0.2) is 0 Å². The van der Waals surface area contributed by atoms with E-state index in [1.165, 1.54) is 6.92 Å². The number of hydrogen-bond donors (Lipinski definition) is 1. The van der Waals surface area contributed by atoms with Crippen molar-refractivity contribution in [2.24, 2.45) is 0 Å². The van der Waals surface area contributed by atoms with Gasteiger partial charge in [0.1, 0.15) is 11.6 Å². The molecule has 0 radical (unpaired) electrons. The zero-order valence-electron chi connectivity index (χ0n) is 6.09. The van der Waals surface area contributed by atoms with Crippen molar-refractivity contribution in [1.29, 1.82) is 0 Å². The summed E-state index contributed by atoms with van der Waals surface area (Å²) in [6, 6.07) is 0. The van der Waals surface area contributed by atoms with E-state index < -0.39 is 0 Å². The molecule has 0 amide bonds. The van der Waals surface area contributed by atoms with Crippen LogP contribution in [0, 0.1) is 0 Å². The van der Waals surface area contributed by atoms with Gasteiger partial charge < -0.3 is 9.90 Å². The number of ketones is 2. The summed E-state index contributed by atoms with van der Waals surface area (Å²) < 4.78 is 0. The van der Waals surface area contributed by atoms with Crippen LogP contribution in [0.2, 0.25) is 0 Å². The highest BCUT2D eigenvalue weighted by molar-refractivity contribution is 5.84. The van der Waals surface area contributed by atoms with Crippen LogP contribution < -0.4 is 0 Å². The Hall–Kier alpha value is -0.700. The Morgan fingerprint density at radius 2 is 1.80 bits per heavy atom. The van der Waals surface area contributed by atoms with E-state index in [1.807, 2.05) is 0 Å². The van der Waals surface area contributed by atoms with E-state index in [4.69, 9.17) is 5.11 Å². The van der Waals surface area contributed by atoms with Crippen LogP contribution in [0.4, 0.5) is 0 Å². The molecule has 0 rings (SSSR count). The topological polar surface area (TPSA) is 54.4 Å². The molecule has 0 aliphatic heterocycles. The SMILES string of the molecule is CC(=O)CCC(=O)CCO. The lowest BCUT2D eigenvalue weighted by atomic mass is 10.1. The number of Topliss-reactive ketones (excluding diaryl/α,β-unsaturated/α-hetero) is 2. The zero-order chi connectivity index (χ0) is 7.98. The zero-order valence-corrected chi connectivity index (χ0v) is 6.09. The summed E-state index contributed by atoms with van der Waals surface area (Å²) in [5.74, 6) is -0.0241. The molecule has 0 bridgehead atoms. The van der Waals surface area contributed by atoms with Crippen molar-refractivity contribution in [2.45, 2.75) is 26.2 Å². The normalized spacial score (nSPS) is 9.40. The van der Waals surface area contributed by atoms with E-state index in [0.717, 1.165) is 0 Å². The maximum Gasteiger partial charge on any atom is 0.135 e. The number of aliphatic hydroxyl groups excluding tert-OH is 1. The molecule has 0 saturated heterocycles. The van der Waals surface area contributed by atoms with Gasteiger partial charge in [0.05, 0.1) is 0 Å². The monoisotopic (exact) mass is 144 g/mol. The van der Waals surface area contributed by atoms with Crippen LogP contribution in [0.3, 0.4) is 0 Å². The minimum Gasteiger partial charge on any atom is -0.396 e. The van der Waals surface area contributed by atoms with Gasteiger partial charge >= 0.3 is 0 Å². The van der Waals surface area contributed by atoms with Crippen molar-refractivity contribution in [3.8, 4) is 0 Å². The maximum absolute atomic E-state index is 10.6. The molecular weight excluding hydrogens is 132 g/mol. The molecule has 0 aliphatic carbocycles. The highest BCUT2D eigenvalue weighted by Crippen LogP contribution is 1.94. The van der Waals surface area contributed by atoms with Gasteiger partial charge in [-0.2, -0.15) is 0 Å². The fourth-order valence-corrected chi connectivity index (χ4v) is 0.565. The molecule has 58 valence electrons. The fraction of sp³-hybridized carbons (Fsp3) is 0.714. The molecular formula is C7H12O3. The summed E-state index contributed by atoms with van der Waals surface area (Å²) in [5, 5.41) is 8.30. The summed E-state index contributed by atoms with van der Waals surface area (Å²) in [6.07, 6.45) is 0.752. The second kappa shape index (κ2) is 5.11. The highest BCUT2D eigenvalue weighted by atomic mass is 16.3. The summed E-state index contributed by atoms with van der Waals surface area (Å²) in [6.45, 7) is 1.34. The van der Waals surface area contributed by atoms with Crippen molar-refractivity contribution in [3.63, 3.8) is 0 Å². The van der Waals surface area contributed by atoms with Crippen molar-refractivity contribution < 1.29 is 14.7 Å². The first-order valence-electron chi connectivity index (χ1n) is 3.29. The fourth-order valence-electron chi connectivity index (χ4n) is 0.565. The van der Waals surface area contributed by atoms with Crippen LogP contribution in [0.25, 0.3) is 0 Å². The largest absolute Gasteiger partial charge is 0.396 e. The second-order valence-electron chi connectivity index (χ2n) is 2.21. The molecule has 0 aromatic rings. The quantitative estimate of drug-likeness (QED) is 0.604. The number of hydrogen-bond acceptors (Lipinski definition) is 3. The van der Waals surface area contributed by atoms with Gasteiger partial charge in [-0.3, -0.25) is 4.79 Å². The van der Waals surface area contributed by atoms with Crippen LogP contribution in [-0.2, 0) is 9.59 Å². The molecule has 0 aromatic heterocycles. The molecule has 0 aliphatic rings. The van der Waals surface area contributed by atoms with Crippen LogP contribution in [0.1, 0.15) is 26.2 Å². The summed E-state index contributed by atoms with van der Waals surface area (Å²) in [5.41, 5.74) is 0. The Kier molecular flexibility index (Phi) is 4.76. The predicted octanol–water partition coefficient (Wildman–Crippen LogP) is 0.307. The first-order chi connectivity index (χ1) is 4.66. The standard InChI is InChI=1S/C7H12O3/c1-6(9)2-3-7(10)4-5-8/h8H,2-5H2,1H3. The van der Waals surface area contributed by atoms with E-state index in [9.17, 15) is 9.59 Å². The van der Waals surface area contributed by atoms with E-state index in [1.54, 1.807) is 0 Å². The second-order valence-corrected chi connectivity index (χ2v) is 2.21. The molecule has 0 saturated carbocycles. The number of carbonyl (C=O) groups excluding carboxylic acids is 2. The average Bonchev–Trinajstić information content (AvgIpc) is 1.85. The third-order valence-electron chi connectivity index (χ3n) is 1.15. The first kappa shape index (κ1) is 9.30. The Morgan fingerprint density at radius 3 is 2.20 bits per heavy atom. The lowest BCUT2D eigenvalue weighted by Gasteiger charge is -1.93. The van der Waals surface area contributed by atoms with Crippen molar-refractivity contribution in [2.75, 3.05) is 6.61 Å². The van der Waals surface area contributed by atoms with E-state index in [0.29, 0.717) is 6.42 Å². The Morgan fingerprint density at radius 1 is 1.20 bits per heavy atom. The molecule has 3 heteroatoms. The molecule has 0 aromatic carbocycles. The average molecular weight is 144 g/mol. The van der Waals surface area contributed by atoms with Gasteiger partial charge in [0.15, 0.2) is 0 Å². The molecule has 1 N–H and O–H groups in total. The predicted molar refractivity (Wildman–Crippen MR) is 36.6 cm³/mol. The lowest BCUT2D eigenvalue weighted by Crippen LogP contribution is -2.03. The summed E-state index contributed by atoms with van der Waals surface area (Å²) in [7, 11) is 0. The number of aliphatic hydroxyl groups is 1. The van der Waals surface area contributed by atoms with Gasteiger partial charge in [0, 0.05) is 25.9 Å². The van der Waals surface area contributed by atoms with Gasteiger partial charge in [-0.05, 0) is 6.92 Å². The molecule has 0 heterocycles. The van der Waals surface area contributed by atoms with E-state index in [-0.39, 0.29) is 31.0 Å². The maximum atomic E-state index is 10.6. The summed E-state index contributed by atoms with van der Waals surface area (Å²) in [4.78, 5) is 21.0. The van der Waals surface area contributed by atoms with Gasteiger partial charge in [-0.25, -0.2) is 0 Å². The van der Waals surface area contributed by atoms with Crippen molar-refractivity contribution in [3.05, 3.63) is 0 Å². The van der Waals surface area contributed by atoms with Gasteiger partial charge in [0.25, 0.3) is 0 Å². The molecule has 3 nitrogen and oxygen atoms in total. The number of rotatable bonds is 5. The third kappa shape index (κ3) is 5.44. The lowest BCUT2D eigenvalue weighted by molar-refractivity contribution is -0.123. The van der Waals surface area contributed by atoms with Gasteiger partial charge in [-0.15, -0.1) is 0 Å². The van der Waals surface area contributed by atoms with Crippen LogP contribution >= 0.6 is 0 Å². The van der Waals surface area contributed by atoms with Crippen LogP contribution in [-0.4, -0.2) is 23.3 Å². The van der Waals surface area contributed by atoms with E-state index in [2.05, 4.69) is 0 Å². The molecule has 0 spiro atoms. The molecule has 0 atom stereocenters. The smallest absolute Gasteiger partial charge is 0.135 e. The first-order valence-corrected chi connectivity index (χ1v) is 3.29. The minimum atomic E-state index is -0.114. The van der Waals surface area contributed by atoms with Gasteiger partial charge in [0.2, 0.25) is 0 Å². The Balaban J connectivity index is 3.30. The van der Waals surface area contributed by atoms with Gasteiger partial charge in [-0.1, -0.05) is 0 Å².